The molecule has 1 amide bonds. The van der Waals surface area contributed by atoms with Crippen LogP contribution in [0.25, 0.3) is 28.4 Å². The molecule has 2 aromatic carbocycles. The Labute approximate surface area is 164 Å². The fraction of sp³-hybridized carbons (Fsp3) is 0. The van der Waals surface area contributed by atoms with Crippen molar-refractivity contribution in [3.05, 3.63) is 85.0 Å². The summed E-state index contributed by atoms with van der Waals surface area (Å²) < 4.78 is 6.87. The zero-order valence-corrected chi connectivity index (χ0v) is 15.1. The molecule has 140 valence electrons. The summed E-state index contributed by atoms with van der Waals surface area (Å²) in [6.07, 6.45) is 4.45. The summed E-state index contributed by atoms with van der Waals surface area (Å²) in [5.74, 6) is 0.0756. The Hall–Kier alpha value is -4.33. The van der Waals surface area contributed by atoms with Gasteiger partial charge in [0.25, 0.3) is 5.91 Å². The van der Waals surface area contributed by atoms with Crippen LogP contribution >= 0.6 is 0 Å². The molecule has 3 heterocycles. The predicted molar refractivity (Wildman–Crippen MR) is 106 cm³/mol. The minimum Gasteiger partial charge on any atom is -0.423 e. The van der Waals surface area contributed by atoms with E-state index in [1.54, 1.807) is 28.9 Å². The Morgan fingerprint density at radius 1 is 1.00 bits per heavy atom. The number of hydrogen-bond acceptors (Lipinski definition) is 6. The van der Waals surface area contributed by atoms with Crippen molar-refractivity contribution < 1.29 is 9.21 Å². The Kier molecular flexibility index (Phi) is 4.06. The van der Waals surface area contributed by atoms with Gasteiger partial charge in [0.2, 0.25) is 12.3 Å². The zero-order valence-electron chi connectivity index (χ0n) is 15.1. The SMILES string of the molecule is O=C(Nc1cccc(-c2nnco2)c1)c1cnn2c(-c3ccccc3)ccnc12. The fourth-order valence-electron chi connectivity index (χ4n) is 3.11. The second-order valence-corrected chi connectivity index (χ2v) is 6.27. The summed E-state index contributed by atoms with van der Waals surface area (Å²) in [5, 5.41) is 14.8. The van der Waals surface area contributed by atoms with Crippen molar-refractivity contribution >= 4 is 17.2 Å². The molecular weight excluding hydrogens is 368 g/mol. The molecule has 0 atom stereocenters. The fourth-order valence-corrected chi connectivity index (χ4v) is 3.11. The zero-order chi connectivity index (χ0) is 19.6. The van der Waals surface area contributed by atoms with Gasteiger partial charge in [0.1, 0.15) is 5.56 Å². The lowest BCUT2D eigenvalue weighted by Gasteiger charge is -2.06. The number of anilines is 1. The van der Waals surface area contributed by atoms with Crippen LogP contribution in [0.15, 0.2) is 83.9 Å². The molecule has 0 spiro atoms. The molecule has 0 fully saturated rings. The molecule has 5 aromatic rings. The highest BCUT2D eigenvalue weighted by Gasteiger charge is 2.17. The predicted octanol–water partition coefficient (Wildman–Crippen LogP) is 3.70. The van der Waals surface area contributed by atoms with Gasteiger partial charge < -0.3 is 9.73 Å². The third kappa shape index (κ3) is 3.12. The quantitative estimate of drug-likeness (QED) is 0.509. The van der Waals surface area contributed by atoms with E-state index in [-0.39, 0.29) is 5.91 Å². The minimum atomic E-state index is -0.305. The van der Waals surface area contributed by atoms with Crippen LogP contribution in [-0.4, -0.2) is 30.7 Å². The molecule has 0 aliphatic rings. The van der Waals surface area contributed by atoms with E-state index < -0.39 is 0 Å². The Morgan fingerprint density at radius 2 is 1.86 bits per heavy atom. The summed E-state index contributed by atoms with van der Waals surface area (Å²) in [7, 11) is 0. The van der Waals surface area contributed by atoms with Crippen LogP contribution in [0.1, 0.15) is 10.4 Å². The van der Waals surface area contributed by atoms with Crippen LogP contribution in [0, 0.1) is 0 Å². The van der Waals surface area contributed by atoms with Gasteiger partial charge in [-0.2, -0.15) is 5.10 Å². The van der Waals surface area contributed by atoms with Crippen LogP contribution < -0.4 is 5.32 Å². The summed E-state index contributed by atoms with van der Waals surface area (Å²) in [4.78, 5) is 17.2. The van der Waals surface area contributed by atoms with E-state index >= 15 is 0 Å². The third-order valence-electron chi connectivity index (χ3n) is 4.44. The van der Waals surface area contributed by atoms with E-state index in [0.717, 1.165) is 11.3 Å². The van der Waals surface area contributed by atoms with Crippen molar-refractivity contribution in [3.63, 3.8) is 0 Å². The lowest BCUT2D eigenvalue weighted by Crippen LogP contribution is -2.12. The van der Waals surface area contributed by atoms with E-state index in [9.17, 15) is 4.79 Å². The first-order valence-electron chi connectivity index (χ1n) is 8.86. The van der Waals surface area contributed by atoms with E-state index in [1.165, 1.54) is 12.6 Å². The maximum atomic E-state index is 12.9. The third-order valence-corrected chi connectivity index (χ3v) is 4.44. The number of amides is 1. The molecule has 5 rings (SSSR count). The highest BCUT2D eigenvalue weighted by Crippen LogP contribution is 2.23. The molecule has 0 aliphatic carbocycles. The van der Waals surface area contributed by atoms with Crippen molar-refractivity contribution in [1.29, 1.82) is 0 Å². The van der Waals surface area contributed by atoms with Gasteiger partial charge in [-0.3, -0.25) is 4.79 Å². The van der Waals surface area contributed by atoms with Crippen molar-refractivity contribution in [1.82, 2.24) is 24.8 Å². The number of carbonyl (C=O) groups excluding carboxylic acids is 1. The van der Waals surface area contributed by atoms with Crippen molar-refractivity contribution in [2.24, 2.45) is 0 Å². The molecule has 0 radical (unpaired) electrons. The number of hydrogen-bond donors (Lipinski definition) is 1. The highest BCUT2D eigenvalue weighted by molar-refractivity contribution is 6.08. The summed E-state index contributed by atoms with van der Waals surface area (Å²) in [5.41, 5.74) is 4.02. The molecule has 0 unspecified atom stereocenters. The lowest BCUT2D eigenvalue weighted by molar-refractivity contribution is 0.102. The van der Waals surface area contributed by atoms with Gasteiger partial charge in [0.15, 0.2) is 5.65 Å². The van der Waals surface area contributed by atoms with Gasteiger partial charge in [-0.05, 0) is 24.3 Å². The average molecular weight is 382 g/mol. The molecule has 29 heavy (non-hydrogen) atoms. The van der Waals surface area contributed by atoms with Crippen molar-refractivity contribution in [3.8, 4) is 22.7 Å². The van der Waals surface area contributed by atoms with Crippen molar-refractivity contribution in [2.75, 3.05) is 5.32 Å². The van der Waals surface area contributed by atoms with Gasteiger partial charge >= 0.3 is 0 Å². The molecule has 0 saturated carbocycles. The number of benzene rings is 2. The molecule has 0 aliphatic heterocycles. The van der Waals surface area contributed by atoms with Gasteiger partial charge in [0.05, 0.1) is 11.9 Å². The Balaban J connectivity index is 1.47. The van der Waals surface area contributed by atoms with Crippen LogP contribution in [0.2, 0.25) is 0 Å². The average Bonchev–Trinajstić information content (AvgIpc) is 3.44. The van der Waals surface area contributed by atoms with Crippen LogP contribution in [-0.2, 0) is 0 Å². The number of nitrogens with zero attached hydrogens (tertiary/aromatic N) is 5. The molecule has 0 bridgehead atoms. The van der Waals surface area contributed by atoms with E-state index in [1.807, 2.05) is 42.5 Å². The standard InChI is InChI=1S/C21H14N6O2/c28-20(25-16-8-4-7-15(11-16)21-26-23-13-29-21)17-12-24-27-18(9-10-22-19(17)27)14-5-2-1-3-6-14/h1-13H,(H,25,28). The Morgan fingerprint density at radius 3 is 2.69 bits per heavy atom. The van der Waals surface area contributed by atoms with Crippen LogP contribution in [0.4, 0.5) is 5.69 Å². The molecule has 1 N–H and O–H groups in total. The molecule has 8 nitrogen and oxygen atoms in total. The number of carbonyl (C=O) groups is 1. The maximum absolute atomic E-state index is 12.9. The second kappa shape index (κ2) is 7.01. The topological polar surface area (TPSA) is 98.2 Å². The van der Waals surface area contributed by atoms with Gasteiger partial charge in [-0.25, -0.2) is 9.50 Å². The lowest BCUT2D eigenvalue weighted by atomic mass is 10.1. The van der Waals surface area contributed by atoms with E-state index in [0.29, 0.717) is 28.4 Å². The molecule has 3 aromatic heterocycles. The first kappa shape index (κ1) is 16.8. The normalized spacial score (nSPS) is 10.9. The smallest absolute Gasteiger partial charge is 0.261 e. The first-order chi connectivity index (χ1) is 14.3. The second-order valence-electron chi connectivity index (χ2n) is 6.27. The number of nitrogens with one attached hydrogen (secondary N) is 1. The summed E-state index contributed by atoms with van der Waals surface area (Å²) >= 11 is 0. The van der Waals surface area contributed by atoms with Gasteiger partial charge in [0, 0.05) is 23.0 Å². The summed E-state index contributed by atoms with van der Waals surface area (Å²) in [6.45, 7) is 0. The van der Waals surface area contributed by atoms with E-state index in [4.69, 9.17) is 4.42 Å². The summed E-state index contributed by atoms with van der Waals surface area (Å²) in [6, 6.07) is 18.9. The highest BCUT2D eigenvalue weighted by atomic mass is 16.4. The monoisotopic (exact) mass is 382 g/mol. The molecule has 8 heteroatoms. The molecular formula is C21H14N6O2. The van der Waals surface area contributed by atoms with E-state index in [2.05, 4.69) is 25.6 Å². The number of fused-ring (bicyclic) bond motifs is 1. The first-order valence-corrected chi connectivity index (χ1v) is 8.86. The number of rotatable bonds is 4. The van der Waals surface area contributed by atoms with Gasteiger partial charge in [-0.1, -0.05) is 36.4 Å². The van der Waals surface area contributed by atoms with Gasteiger partial charge in [-0.15, -0.1) is 10.2 Å². The van der Waals surface area contributed by atoms with Crippen LogP contribution in [0.3, 0.4) is 0 Å². The molecule has 0 saturated heterocycles. The van der Waals surface area contributed by atoms with Crippen molar-refractivity contribution in [2.45, 2.75) is 0 Å². The van der Waals surface area contributed by atoms with Crippen LogP contribution in [0.5, 0.6) is 0 Å². The largest absolute Gasteiger partial charge is 0.423 e. The maximum Gasteiger partial charge on any atom is 0.261 e. The number of aromatic nitrogens is 5. The minimum absolute atomic E-state index is 0.305. The Bertz CT molecular complexity index is 1300.